The average molecular weight is 443 g/mol. The molecule has 0 aliphatic carbocycles. The fourth-order valence-electron chi connectivity index (χ4n) is 3.30. The van der Waals surface area contributed by atoms with Crippen LogP contribution in [0.2, 0.25) is 0 Å². The van der Waals surface area contributed by atoms with Crippen molar-refractivity contribution in [2.75, 3.05) is 58.8 Å². The molecule has 0 aromatic heterocycles. The Bertz CT molecular complexity index is 947. The first-order valence-corrected chi connectivity index (χ1v) is 10.8. The number of benzene rings is 1. The van der Waals surface area contributed by atoms with Crippen molar-refractivity contribution in [1.82, 2.24) is 9.80 Å². The quantitative estimate of drug-likeness (QED) is 0.620. The van der Waals surface area contributed by atoms with Gasteiger partial charge in [-0.1, -0.05) is 17.8 Å². The summed E-state index contributed by atoms with van der Waals surface area (Å²) in [6, 6.07) is 8.67. The number of thioether (sulfide) groups is 1. The van der Waals surface area contributed by atoms with E-state index in [9.17, 15) is 9.59 Å². The first kappa shape index (κ1) is 22.8. The summed E-state index contributed by atoms with van der Waals surface area (Å²) in [7, 11) is 3.59. The highest BCUT2D eigenvalue weighted by Crippen LogP contribution is 2.34. The number of anilines is 1. The lowest BCUT2D eigenvalue weighted by atomic mass is 10.1. The second-order valence-electron chi connectivity index (χ2n) is 7.29. The molecule has 3 rings (SSSR count). The van der Waals surface area contributed by atoms with Gasteiger partial charge in [0.15, 0.2) is 0 Å². The summed E-state index contributed by atoms with van der Waals surface area (Å²) in [5, 5.41) is 11.5. The van der Waals surface area contributed by atoms with Gasteiger partial charge in [0.25, 0.3) is 5.91 Å². The van der Waals surface area contributed by atoms with E-state index in [0.29, 0.717) is 48.1 Å². The Morgan fingerprint density at radius 1 is 1.35 bits per heavy atom. The van der Waals surface area contributed by atoms with E-state index in [-0.39, 0.29) is 17.5 Å². The van der Waals surface area contributed by atoms with Crippen LogP contribution in [-0.2, 0) is 14.3 Å². The number of ether oxygens (including phenoxy) is 1. The van der Waals surface area contributed by atoms with Gasteiger partial charge in [-0.05, 0) is 25.2 Å². The van der Waals surface area contributed by atoms with Crippen molar-refractivity contribution in [2.45, 2.75) is 5.25 Å². The Morgan fingerprint density at radius 2 is 2.10 bits per heavy atom. The maximum absolute atomic E-state index is 13.2. The number of nitrogens with one attached hydrogen (secondary N) is 1. The molecular weight excluding hydrogens is 416 g/mol. The summed E-state index contributed by atoms with van der Waals surface area (Å²) in [6.45, 7) is 3.52. The maximum atomic E-state index is 13.2. The Balaban J connectivity index is 1.83. The van der Waals surface area contributed by atoms with Crippen LogP contribution in [0.3, 0.4) is 0 Å². The van der Waals surface area contributed by atoms with Gasteiger partial charge in [0.2, 0.25) is 5.91 Å². The molecule has 2 amide bonds. The number of rotatable bonds is 6. The Hall–Kier alpha value is -2.87. The number of likely N-dealkylation sites (N-methyl/N-ethyl adjacent to an activating group) is 1. The molecule has 9 nitrogen and oxygen atoms in total. The molecule has 2 aliphatic rings. The number of nitrogens with two attached hydrogens (primary N) is 1. The normalized spacial score (nSPS) is 20.7. The van der Waals surface area contributed by atoms with Crippen LogP contribution in [0.1, 0.15) is 5.56 Å². The number of amides is 2. The van der Waals surface area contributed by atoms with Crippen molar-refractivity contribution in [3.63, 3.8) is 0 Å². The van der Waals surface area contributed by atoms with Gasteiger partial charge in [0.1, 0.15) is 10.3 Å². The van der Waals surface area contributed by atoms with Crippen LogP contribution in [0.25, 0.3) is 0 Å². The number of hydrogen-bond donors (Lipinski definition) is 2. The van der Waals surface area contributed by atoms with E-state index >= 15 is 0 Å². The standard InChI is InChI=1S/C21H26N6O3S/c1-26-7-9-27(10-8-26)21(29)16-17(23)18(31-20(16)24-6-11-30-2)19(28)25-15-5-3-4-14(12-15)13-22/h3-5,12,18H,6-11,23H2,1-2H3,(H,25,28)/t18-/m1/s1. The molecule has 1 fully saturated rings. The monoisotopic (exact) mass is 442 g/mol. The summed E-state index contributed by atoms with van der Waals surface area (Å²) < 4.78 is 5.06. The summed E-state index contributed by atoms with van der Waals surface area (Å²) in [4.78, 5) is 34.6. The van der Waals surface area contributed by atoms with Crippen LogP contribution in [0, 0.1) is 11.3 Å². The van der Waals surface area contributed by atoms with Gasteiger partial charge in [-0.2, -0.15) is 5.26 Å². The Kier molecular flexibility index (Phi) is 7.68. The zero-order valence-corrected chi connectivity index (χ0v) is 18.4. The van der Waals surface area contributed by atoms with Gasteiger partial charge in [0.05, 0.1) is 30.4 Å². The SMILES string of the molecule is COCCN=C1S[C@@H](C(=O)Nc2cccc(C#N)c2)C(N)=C1C(=O)N1CCN(C)CC1. The third kappa shape index (κ3) is 5.44. The van der Waals surface area contributed by atoms with E-state index < -0.39 is 5.25 Å². The van der Waals surface area contributed by atoms with Gasteiger partial charge in [0, 0.05) is 44.7 Å². The number of nitrogens with zero attached hydrogens (tertiary/aromatic N) is 4. The highest BCUT2D eigenvalue weighted by Gasteiger charge is 2.40. The van der Waals surface area contributed by atoms with Crippen LogP contribution in [0.5, 0.6) is 0 Å². The molecule has 1 aromatic carbocycles. The van der Waals surface area contributed by atoms with Gasteiger partial charge in [-0.15, -0.1) is 0 Å². The van der Waals surface area contributed by atoms with Gasteiger partial charge < -0.3 is 25.6 Å². The van der Waals surface area contributed by atoms with Gasteiger partial charge in [-0.25, -0.2) is 0 Å². The van der Waals surface area contributed by atoms with Gasteiger partial charge >= 0.3 is 0 Å². The highest BCUT2D eigenvalue weighted by molar-refractivity contribution is 8.16. The van der Waals surface area contributed by atoms with E-state index in [1.165, 1.54) is 11.8 Å². The lowest BCUT2D eigenvalue weighted by molar-refractivity contribution is -0.128. The minimum atomic E-state index is -0.779. The van der Waals surface area contributed by atoms with Crippen molar-refractivity contribution in [1.29, 1.82) is 5.26 Å². The molecule has 0 radical (unpaired) electrons. The molecule has 0 spiro atoms. The molecule has 10 heteroatoms. The predicted octanol–water partition coefficient (Wildman–Crippen LogP) is 0.644. The molecule has 2 heterocycles. The number of carbonyl (C=O) groups is 2. The van der Waals surface area contributed by atoms with Crippen LogP contribution in [-0.4, -0.2) is 85.4 Å². The summed E-state index contributed by atoms with van der Waals surface area (Å²) in [5.41, 5.74) is 7.78. The maximum Gasteiger partial charge on any atom is 0.258 e. The fourth-order valence-corrected chi connectivity index (χ4v) is 4.42. The molecule has 1 aromatic rings. The van der Waals surface area contributed by atoms with Crippen molar-refractivity contribution in [2.24, 2.45) is 10.7 Å². The fraction of sp³-hybridized carbons (Fsp3) is 0.429. The number of piperazine rings is 1. The highest BCUT2D eigenvalue weighted by atomic mass is 32.2. The van der Waals surface area contributed by atoms with E-state index in [1.54, 1.807) is 36.3 Å². The van der Waals surface area contributed by atoms with Crippen LogP contribution < -0.4 is 11.1 Å². The molecule has 31 heavy (non-hydrogen) atoms. The third-order valence-electron chi connectivity index (χ3n) is 5.07. The number of carbonyl (C=O) groups excluding carboxylic acids is 2. The Morgan fingerprint density at radius 3 is 2.77 bits per heavy atom. The summed E-state index contributed by atoms with van der Waals surface area (Å²) in [6.07, 6.45) is 0. The largest absolute Gasteiger partial charge is 0.400 e. The van der Waals surface area contributed by atoms with Crippen LogP contribution in [0.15, 0.2) is 40.5 Å². The zero-order valence-electron chi connectivity index (χ0n) is 17.6. The topological polar surface area (TPSA) is 124 Å². The smallest absolute Gasteiger partial charge is 0.258 e. The first-order chi connectivity index (χ1) is 14.9. The molecule has 164 valence electrons. The molecule has 1 atom stereocenters. The molecule has 0 unspecified atom stereocenters. The van der Waals surface area contributed by atoms with E-state index in [1.807, 2.05) is 13.1 Å². The summed E-state index contributed by atoms with van der Waals surface area (Å²) >= 11 is 1.17. The van der Waals surface area contributed by atoms with Gasteiger partial charge in [-0.3, -0.25) is 14.6 Å². The molecule has 2 aliphatic heterocycles. The van der Waals surface area contributed by atoms with Crippen LogP contribution in [0.4, 0.5) is 5.69 Å². The third-order valence-corrected chi connectivity index (χ3v) is 6.33. The number of nitriles is 1. The average Bonchev–Trinajstić information content (AvgIpc) is 3.10. The summed E-state index contributed by atoms with van der Waals surface area (Å²) in [5.74, 6) is -0.561. The van der Waals surface area contributed by atoms with Crippen LogP contribution >= 0.6 is 11.8 Å². The molecule has 0 bridgehead atoms. The first-order valence-electron chi connectivity index (χ1n) is 9.93. The van der Waals surface area contributed by atoms with Crippen molar-refractivity contribution in [3.8, 4) is 6.07 Å². The lowest BCUT2D eigenvalue weighted by Gasteiger charge is -2.32. The second kappa shape index (κ2) is 10.4. The minimum absolute atomic E-state index is 0.198. The van der Waals surface area contributed by atoms with E-state index in [2.05, 4.69) is 15.2 Å². The Labute approximate surface area is 185 Å². The predicted molar refractivity (Wildman–Crippen MR) is 121 cm³/mol. The zero-order chi connectivity index (χ0) is 22.4. The lowest BCUT2D eigenvalue weighted by Crippen LogP contribution is -2.48. The van der Waals surface area contributed by atoms with Crippen molar-refractivity contribution >= 4 is 34.3 Å². The minimum Gasteiger partial charge on any atom is -0.400 e. The van der Waals surface area contributed by atoms with Crippen molar-refractivity contribution in [3.05, 3.63) is 41.1 Å². The molecule has 0 saturated carbocycles. The van der Waals surface area contributed by atoms with E-state index in [4.69, 9.17) is 15.7 Å². The molecular formula is C21H26N6O3S. The number of aliphatic imine (C=N–C) groups is 1. The number of hydrogen-bond acceptors (Lipinski definition) is 8. The van der Waals surface area contributed by atoms with E-state index in [0.717, 1.165) is 13.1 Å². The molecule has 3 N–H and O–H groups in total. The second-order valence-corrected chi connectivity index (χ2v) is 8.38. The number of methoxy groups -OCH3 is 1. The van der Waals surface area contributed by atoms with Crippen molar-refractivity contribution < 1.29 is 14.3 Å². The molecule has 1 saturated heterocycles.